The maximum Gasteiger partial charge on any atom is 0.121 e. The van der Waals surface area contributed by atoms with Crippen LogP contribution in [0.15, 0.2) is 72.8 Å². The molecule has 3 rings (SSSR count). The first-order valence-corrected chi connectivity index (χ1v) is 8.41. The second-order valence-electron chi connectivity index (χ2n) is 5.39. The van der Waals surface area contributed by atoms with Crippen LogP contribution in [-0.2, 0) is 13.2 Å². The average molecular weight is 358 g/mol. The van der Waals surface area contributed by atoms with Gasteiger partial charge in [-0.05, 0) is 35.4 Å². The van der Waals surface area contributed by atoms with E-state index in [0.29, 0.717) is 23.2 Å². The second-order valence-corrected chi connectivity index (χ2v) is 6.24. The fourth-order valence-corrected chi connectivity index (χ4v) is 2.77. The molecule has 4 heteroatoms. The van der Waals surface area contributed by atoms with Crippen LogP contribution in [0.3, 0.4) is 0 Å². The Labute approximate surface area is 152 Å². The van der Waals surface area contributed by atoms with Crippen molar-refractivity contribution in [3.63, 3.8) is 0 Å². The molecule has 0 unspecified atom stereocenters. The maximum absolute atomic E-state index is 6.20. The third-order valence-electron chi connectivity index (χ3n) is 3.58. The Hall–Kier alpha value is -2.16. The van der Waals surface area contributed by atoms with E-state index in [-0.39, 0.29) is 0 Å². The van der Waals surface area contributed by atoms with Crippen molar-refractivity contribution in [2.75, 3.05) is 5.32 Å². The van der Waals surface area contributed by atoms with Crippen LogP contribution in [0.25, 0.3) is 0 Å². The first kappa shape index (κ1) is 16.7. The van der Waals surface area contributed by atoms with Crippen LogP contribution in [0.4, 0.5) is 5.69 Å². The smallest absolute Gasteiger partial charge is 0.121 e. The summed E-state index contributed by atoms with van der Waals surface area (Å²) in [6, 6.07) is 23.5. The second kappa shape index (κ2) is 8.09. The third kappa shape index (κ3) is 4.67. The standard InChI is InChI=1S/C20H17Cl2NO/c21-17-10-9-16(20(22)11-17)13-23-18-7-4-8-19(12-18)24-14-15-5-2-1-3-6-15/h1-12,23H,13-14H2. The van der Waals surface area contributed by atoms with Crippen molar-refractivity contribution in [3.05, 3.63) is 94.0 Å². The molecule has 122 valence electrons. The van der Waals surface area contributed by atoms with E-state index < -0.39 is 0 Å². The first-order valence-electron chi connectivity index (χ1n) is 7.65. The molecule has 0 aliphatic heterocycles. The predicted octanol–water partition coefficient (Wildman–Crippen LogP) is 6.18. The van der Waals surface area contributed by atoms with Gasteiger partial charge < -0.3 is 10.1 Å². The Balaban J connectivity index is 1.60. The zero-order valence-electron chi connectivity index (χ0n) is 13.0. The molecule has 0 atom stereocenters. The average Bonchev–Trinajstić information content (AvgIpc) is 2.60. The molecule has 0 radical (unpaired) electrons. The van der Waals surface area contributed by atoms with E-state index in [2.05, 4.69) is 5.32 Å². The topological polar surface area (TPSA) is 21.3 Å². The Morgan fingerprint density at radius 3 is 2.46 bits per heavy atom. The molecule has 0 amide bonds. The van der Waals surface area contributed by atoms with Crippen molar-refractivity contribution in [2.45, 2.75) is 13.2 Å². The lowest BCUT2D eigenvalue weighted by Crippen LogP contribution is -2.01. The summed E-state index contributed by atoms with van der Waals surface area (Å²) in [6.45, 7) is 1.17. The molecule has 0 saturated heterocycles. The van der Waals surface area contributed by atoms with Crippen LogP contribution in [0.1, 0.15) is 11.1 Å². The largest absolute Gasteiger partial charge is 0.489 e. The van der Waals surface area contributed by atoms with Crippen molar-refractivity contribution < 1.29 is 4.74 Å². The minimum atomic E-state index is 0.549. The quantitative estimate of drug-likeness (QED) is 0.568. The van der Waals surface area contributed by atoms with E-state index in [0.717, 1.165) is 22.6 Å². The Morgan fingerprint density at radius 1 is 0.833 bits per heavy atom. The predicted molar refractivity (Wildman–Crippen MR) is 101 cm³/mol. The van der Waals surface area contributed by atoms with Crippen LogP contribution in [0, 0.1) is 0 Å². The molecule has 0 aromatic heterocycles. The summed E-state index contributed by atoms with van der Waals surface area (Å²) >= 11 is 12.1. The van der Waals surface area contributed by atoms with Crippen LogP contribution >= 0.6 is 23.2 Å². The van der Waals surface area contributed by atoms with Crippen molar-refractivity contribution in [1.29, 1.82) is 0 Å². The number of ether oxygens (including phenoxy) is 1. The Kier molecular flexibility index (Phi) is 5.63. The SMILES string of the molecule is Clc1ccc(CNc2cccc(OCc3ccccc3)c2)c(Cl)c1. The highest BCUT2D eigenvalue weighted by atomic mass is 35.5. The summed E-state index contributed by atoms with van der Waals surface area (Å²) in [4.78, 5) is 0. The lowest BCUT2D eigenvalue weighted by molar-refractivity contribution is 0.306. The van der Waals surface area contributed by atoms with Gasteiger partial charge in [0.15, 0.2) is 0 Å². The Bertz CT molecular complexity index is 806. The molecule has 0 bridgehead atoms. The molecule has 3 aromatic carbocycles. The van der Waals surface area contributed by atoms with Gasteiger partial charge in [-0.1, -0.05) is 65.7 Å². The maximum atomic E-state index is 6.20. The van der Waals surface area contributed by atoms with Crippen molar-refractivity contribution in [1.82, 2.24) is 0 Å². The number of anilines is 1. The van der Waals surface area contributed by atoms with Gasteiger partial charge in [-0.15, -0.1) is 0 Å². The molecule has 0 fully saturated rings. The molecule has 0 saturated carbocycles. The number of benzene rings is 3. The highest BCUT2D eigenvalue weighted by Gasteiger charge is 2.02. The number of halogens is 2. The lowest BCUT2D eigenvalue weighted by atomic mass is 10.2. The van der Waals surface area contributed by atoms with Gasteiger partial charge in [-0.25, -0.2) is 0 Å². The molecule has 2 nitrogen and oxygen atoms in total. The van der Waals surface area contributed by atoms with Crippen LogP contribution < -0.4 is 10.1 Å². The zero-order chi connectivity index (χ0) is 16.8. The van der Waals surface area contributed by atoms with Gasteiger partial charge >= 0.3 is 0 Å². The van der Waals surface area contributed by atoms with Crippen molar-refractivity contribution in [3.8, 4) is 5.75 Å². The van der Waals surface area contributed by atoms with E-state index in [1.807, 2.05) is 66.7 Å². The molecule has 3 aromatic rings. The molecular formula is C20H17Cl2NO. The number of rotatable bonds is 6. The van der Waals surface area contributed by atoms with Crippen molar-refractivity contribution in [2.24, 2.45) is 0 Å². The van der Waals surface area contributed by atoms with Gasteiger partial charge in [-0.2, -0.15) is 0 Å². The van der Waals surface area contributed by atoms with E-state index in [9.17, 15) is 0 Å². The van der Waals surface area contributed by atoms with E-state index in [1.54, 1.807) is 6.07 Å². The van der Waals surface area contributed by atoms with Gasteiger partial charge in [0, 0.05) is 28.3 Å². The highest BCUT2D eigenvalue weighted by Crippen LogP contribution is 2.23. The third-order valence-corrected chi connectivity index (χ3v) is 4.17. The summed E-state index contributed by atoms with van der Waals surface area (Å²) in [6.07, 6.45) is 0. The summed E-state index contributed by atoms with van der Waals surface area (Å²) in [5, 5.41) is 4.65. The monoisotopic (exact) mass is 357 g/mol. The number of hydrogen-bond donors (Lipinski definition) is 1. The normalized spacial score (nSPS) is 10.4. The summed E-state index contributed by atoms with van der Waals surface area (Å²) < 4.78 is 5.84. The molecule has 0 heterocycles. The first-order chi connectivity index (χ1) is 11.7. The van der Waals surface area contributed by atoms with Crippen LogP contribution in [0.2, 0.25) is 10.0 Å². The summed E-state index contributed by atoms with van der Waals surface area (Å²) in [7, 11) is 0. The van der Waals surface area contributed by atoms with Crippen molar-refractivity contribution >= 4 is 28.9 Å². The van der Waals surface area contributed by atoms with E-state index in [1.165, 1.54) is 0 Å². The van der Waals surface area contributed by atoms with E-state index >= 15 is 0 Å². The van der Waals surface area contributed by atoms with Crippen LogP contribution in [0.5, 0.6) is 5.75 Å². The van der Waals surface area contributed by atoms with Crippen LogP contribution in [-0.4, -0.2) is 0 Å². The fraction of sp³-hybridized carbons (Fsp3) is 0.100. The van der Waals surface area contributed by atoms with Gasteiger partial charge in [0.25, 0.3) is 0 Å². The molecule has 24 heavy (non-hydrogen) atoms. The van der Waals surface area contributed by atoms with E-state index in [4.69, 9.17) is 27.9 Å². The highest BCUT2D eigenvalue weighted by molar-refractivity contribution is 6.35. The molecule has 1 N–H and O–H groups in total. The molecule has 0 spiro atoms. The zero-order valence-corrected chi connectivity index (χ0v) is 14.5. The number of nitrogens with one attached hydrogen (secondary N) is 1. The lowest BCUT2D eigenvalue weighted by Gasteiger charge is -2.11. The minimum absolute atomic E-state index is 0.549. The van der Waals surface area contributed by atoms with Gasteiger partial charge in [0.05, 0.1) is 0 Å². The molecule has 0 aliphatic rings. The fourth-order valence-electron chi connectivity index (χ4n) is 2.30. The van der Waals surface area contributed by atoms with Gasteiger partial charge in [0.2, 0.25) is 0 Å². The van der Waals surface area contributed by atoms with Gasteiger partial charge in [0.1, 0.15) is 12.4 Å². The minimum Gasteiger partial charge on any atom is -0.489 e. The summed E-state index contributed by atoms with van der Waals surface area (Å²) in [5.41, 5.74) is 3.12. The van der Waals surface area contributed by atoms with Gasteiger partial charge in [-0.3, -0.25) is 0 Å². The Morgan fingerprint density at radius 2 is 1.67 bits per heavy atom. The molecule has 0 aliphatic carbocycles. The summed E-state index contributed by atoms with van der Waals surface area (Å²) in [5.74, 6) is 0.825. The molecular weight excluding hydrogens is 341 g/mol. The number of hydrogen-bond acceptors (Lipinski definition) is 2.